The molecule has 0 spiro atoms. The Hall–Kier alpha value is -0.290. The second kappa shape index (κ2) is 3.21. The molecule has 0 aromatic carbocycles. The molecule has 0 aliphatic rings. The van der Waals surface area contributed by atoms with E-state index >= 15 is 0 Å². The number of alkyl halides is 1. The molecule has 0 aromatic rings. The fourth-order valence-electron chi connectivity index (χ4n) is 0.287. The van der Waals surface area contributed by atoms with E-state index in [2.05, 4.69) is 0 Å². The van der Waals surface area contributed by atoms with Crippen molar-refractivity contribution in [2.45, 2.75) is 11.6 Å². The molecule has 0 heterocycles. The van der Waals surface area contributed by atoms with Crippen LogP contribution >= 0.6 is 11.6 Å². The smallest absolute Gasteiger partial charge is 0.318 e. The molecule has 6 heteroatoms. The van der Waals surface area contributed by atoms with Crippen LogP contribution in [0.2, 0.25) is 0 Å². The SMILES string of the molecule is CC(Cl)S(=O)(=O)CC(=O)O. The van der Waals surface area contributed by atoms with Crippen molar-refractivity contribution in [2.24, 2.45) is 0 Å². The highest BCUT2D eigenvalue weighted by molar-refractivity contribution is 7.93. The molecule has 0 rings (SSSR count). The molecule has 0 bridgehead atoms. The Labute approximate surface area is 63.7 Å². The van der Waals surface area contributed by atoms with E-state index in [0.717, 1.165) is 0 Å². The van der Waals surface area contributed by atoms with Gasteiger partial charge in [0.15, 0.2) is 9.84 Å². The molecule has 0 aliphatic carbocycles. The Morgan fingerprint density at radius 3 is 2.20 bits per heavy atom. The van der Waals surface area contributed by atoms with Crippen molar-refractivity contribution in [1.29, 1.82) is 0 Å². The van der Waals surface area contributed by atoms with E-state index in [9.17, 15) is 13.2 Å². The van der Waals surface area contributed by atoms with Gasteiger partial charge < -0.3 is 5.11 Å². The molecule has 1 unspecified atom stereocenters. The molecule has 0 saturated carbocycles. The number of carboxylic acid groups (broad SMARTS) is 1. The molecule has 0 saturated heterocycles. The maximum absolute atomic E-state index is 10.6. The van der Waals surface area contributed by atoms with Gasteiger partial charge in [0.1, 0.15) is 10.5 Å². The molecular weight excluding hydrogens is 180 g/mol. The highest BCUT2D eigenvalue weighted by Crippen LogP contribution is 2.05. The molecule has 0 aromatic heterocycles. The van der Waals surface area contributed by atoms with Gasteiger partial charge >= 0.3 is 5.97 Å². The molecule has 60 valence electrons. The summed E-state index contributed by atoms with van der Waals surface area (Å²) in [6.07, 6.45) is 0. The van der Waals surface area contributed by atoms with Crippen molar-refractivity contribution in [3.05, 3.63) is 0 Å². The number of aliphatic carboxylic acids is 1. The molecule has 10 heavy (non-hydrogen) atoms. The largest absolute Gasteiger partial charge is 0.480 e. The van der Waals surface area contributed by atoms with Gasteiger partial charge in [0.2, 0.25) is 0 Å². The number of carboxylic acids is 1. The Balaban J connectivity index is 4.31. The Morgan fingerprint density at radius 1 is 1.70 bits per heavy atom. The van der Waals surface area contributed by atoms with E-state index in [-0.39, 0.29) is 0 Å². The Kier molecular flexibility index (Phi) is 3.11. The first-order valence-corrected chi connectivity index (χ1v) is 4.59. The second-order valence-electron chi connectivity index (χ2n) is 1.74. The highest BCUT2D eigenvalue weighted by Gasteiger charge is 2.21. The van der Waals surface area contributed by atoms with E-state index < -0.39 is 26.3 Å². The average Bonchev–Trinajstić information content (AvgIpc) is 1.60. The first-order valence-electron chi connectivity index (χ1n) is 2.43. The maximum atomic E-state index is 10.6. The number of halogens is 1. The number of hydrogen-bond acceptors (Lipinski definition) is 3. The predicted molar refractivity (Wildman–Crippen MR) is 36.7 cm³/mol. The summed E-state index contributed by atoms with van der Waals surface area (Å²) in [7, 11) is -3.63. The molecule has 0 amide bonds. The van der Waals surface area contributed by atoms with Crippen LogP contribution < -0.4 is 0 Å². The zero-order chi connectivity index (χ0) is 8.36. The maximum Gasteiger partial charge on any atom is 0.318 e. The van der Waals surface area contributed by atoms with Crippen molar-refractivity contribution in [3.8, 4) is 0 Å². The van der Waals surface area contributed by atoms with Gasteiger partial charge in [-0.1, -0.05) is 0 Å². The summed E-state index contributed by atoms with van der Waals surface area (Å²) < 4.78 is 20.1. The van der Waals surface area contributed by atoms with Gasteiger partial charge in [0.25, 0.3) is 0 Å². The van der Waals surface area contributed by atoms with Gasteiger partial charge in [-0.2, -0.15) is 0 Å². The van der Waals surface area contributed by atoms with E-state index in [1.165, 1.54) is 6.92 Å². The minimum absolute atomic E-state index is 0.905. The van der Waals surface area contributed by atoms with Crippen LogP contribution in [0.1, 0.15) is 6.92 Å². The van der Waals surface area contributed by atoms with E-state index in [0.29, 0.717) is 0 Å². The summed E-state index contributed by atoms with van der Waals surface area (Å²) in [5, 5.41) is 8.06. The van der Waals surface area contributed by atoms with Crippen molar-refractivity contribution < 1.29 is 18.3 Å². The summed E-state index contributed by atoms with van der Waals surface area (Å²) in [6, 6.07) is 0. The summed E-state index contributed by atoms with van der Waals surface area (Å²) in [5.41, 5.74) is 0. The Bertz CT molecular complexity index is 217. The molecule has 0 fully saturated rings. The van der Waals surface area contributed by atoms with Gasteiger partial charge in [-0.25, -0.2) is 8.42 Å². The average molecular weight is 187 g/mol. The fraction of sp³-hybridized carbons (Fsp3) is 0.750. The van der Waals surface area contributed by atoms with Gasteiger partial charge in [0.05, 0.1) is 0 Å². The van der Waals surface area contributed by atoms with Gasteiger partial charge in [-0.05, 0) is 6.92 Å². The summed E-state index contributed by atoms with van der Waals surface area (Å²) in [5.74, 6) is -2.29. The van der Waals surface area contributed by atoms with Crippen molar-refractivity contribution >= 4 is 27.4 Å². The quantitative estimate of drug-likeness (QED) is 0.634. The normalized spacial score (nSPS) is 14.6. The first-order chi connectivity index (χ1) is 4.36. The molecule has 1 N–H and O–H groups in total. The lowest BCUT2D eigenvalue weighted by Gasteiger charge is -2.00. The molecule has 4 nitrogen and oxygen atoms in total. The first kappa shape index (κ1) is 9.71. The van der Waals surface area contributed by atoms with Gasteiger partial charge in [0, 0.05) is 0 Å². The third kappa shape index (κ3) is 3.03. The van der Waals surface area contributed by atoms with Crippen molar-refractivity contribution in [2.75, 3.05) is 5.75 Å². The minimum Gasteiger partial charge on any atom is -0.480 e. The van der Waals surface area contributed by atoms with Crippen LogP contribution in [0.15, 0.2) is 0 Å². The van der Waals surface area contributed by atoms with Crippen molar-refractivity contribution in [3.63, 3.8) is 0 Å². The fourth-order valence-corrected chi connectivity index (χ4v) is 1.05. The molecule has 0 radical (unpaired) electrons. The van der Waals surface area contributed by atoms with Crippen LogP contribution in [0.25, 0.3) is 0 Å². The summed E-state index contributed by atoms with van der Waals surface area (Å²) >= 11 is 5.16. The predicted octanol–water partition coefficient (Wildman–Crippen LogP) is 0.0706. The summed E-state index contributed by atoms with van der Waals surface area (Å²) in [4.78, 5) is 9.88. The van der Waals surface area contributed by atoms with Crippen LogP contribution in [-0.4, -0.2) is 30.0 Å². The second-order valence-corrected chi connectivity index (χ2v) is 4.98. The van der Waals surface area contributed by atoms with E-state index in [1.54, 1.807) is 0 Å². The highest BCUT2D eigenvalue weighted by atomic mass is 35.5. The summed E-state index contributed by atoms with van der Waals surface area (Å²) in [6.45, 7) is 1.22. The topological polar surface area (TPSA) is 71.4 Å². The number of rotatable bonds is 3. The monoisotopic (exact) mass is 186 g/mol. The zero-order valence-electron chi connectivity index (χ0n) is 5.24. The third-order valence-electron chi connectivity index (χ3n) is 0.820. The van der Waals surface area contributed by atoms with E-state index in [4.69, 9.17) is 16.7 Å². The van der Waals surface area contributed by atoms with Crippen LogP contribution in [-0.2, 0) is 14.6 Å². The molecule has 1 atom stereocenters. The lowest BCUT2D eigenvalue weighted by atomic mass is 10.8. The minimum atomic E-state index is -3.63. The van der Waals surface area contributed by atoms with E-state index in [1.807, 2.05) is 0 Å². The standard InChI is InChI=1S/C4H7ClO4S/c1-3(5)10(8,9)2-4(6)7/h3H,2H2,1H3,(H,6,7). The molecular formula is C4H7ClO4S. The molecule has 0 aliphatic heterocycles. The lowest BCUT2D eigenvalue weighted by molar-refractivity contribution is -0.134. The third-order valence-corrected chi connectivity index (χ3v) is 3.27. The van der Waals surface area contributed by atoms with Crippen molar-refractivity contribution in [1.82, 2.24) is 0 Å². The van der Waals surface area contributed by atoms with Crippen LogP contribution in [0.4, 0.5) is 0 Å². The van der Waals surface area contributed by atoms with Crippen LogP contribution in [0, 0.1) is 0 Å². The van der Waals surface area contributed by atoms with Crippen LogP contribution in [0.5, 0.6) is 0 Å². The number of hydrogen-bond donors (Lipinski definition) is 1. The number of sulfone groups is 1. The van der Waals surface area contributed by atoms with Gasteiger partial charge in [-0.3, -0.25) is 4.79 Å². The Morgan fingerprint density at radius 2 is 2.10 bits per heavy atom. The number of carbonyl (C=O) groups is 1. The zero-order valence-corrected chi connectivity index (χ0v) is 6.82. The lowest BCUT2D eigenvalue weighted by Crippen LogP contribution is -2.21. The van der Waals surface area contributed by atoms with Gasteiger partial charge in [-0.15, -0.1) is 11.6 Å². The van der Waals surface area contributed by atoms with Crippen LogP contribution in [0.3, 0.4) is 0 Å².